The minimum atomic E-state index is 0.889. The Kier molecular flexibility index (Phi) is 16.3. The van der Waals surface area contributed by atoms with Crippen LogP contribution in [0.4, 0.5) is 0 Å². The summed E-state index contributed by atoms with van der Waals surface area (Å²) in [6.45, 7) is 11.6. The van der Waals surface area contributed by atoms with E-state index in [0.717, 1.165) is 5.92 Å². The third-order valence-electron chi connectivity index (χ3n) is 1.66. The SMILES string of the molecule is CC.CC.CNCC1CCNC1. The van der Waals surface area contributed by atoms with E-state index in [1.807, 2.05) is 34.7 Å². The molecule has 0 radical (unpaired) electrons. The normalized spacial score (nSPS) is 20.2. The molecular weight excluding hydrogens is 148 g/mol. The van der Waals surface area contributed by atoms with Gasteiger partial charge in [-0.25, -0.2) is 0 Å². The number of hydrogen-bond acceptors (Lipinski definition) is 2. The molecule has 1 rings (SSSR count). The molecule has 0 aromatic carbocycles. The van der Waals surface area contributed by atoms with Crippen LogP contribution in [0.2, 0.25) is 0 Å². The summed E-state index contributed by atoms with van der Waals surface area (Å²) in [6, 6.07) is 0. The smallest absolute Gasteiger partial charge is 0.000790 e. The lowest BCUT2D eigenvalue weighted by atomic mass is 10.1. The number of hydrogen-bond donors (Lipinski definition) is 2. The highest BCUT2D eigenvalue weighted by molar-refractivity contribution is 4.71. The molecule has 1 aliphatic heterocycles. The predicted molar refractivity (Wildman–Crippen MR) is 57.6 cm³/mol. The summed E-state index contributed by atoms with van der Waals surface area (Å²) in [4.78, 5) is 0. The zero-order valence-electron chi connectivity index (χ0n) is 9.41. The van der Waals surface area contributed by atoms with Gasteiger partial charge in [-0.2, -0.15) is 0 Å². The van der Waals surface area contributed by atoms with Gasteiger partial charge in [0.05, 0.1) is 0 Å². The van der Waals surface area contributed by atoms with Crippen molar-refractivity contribution < 1.29 is 0 Å². The van der Waals surface area contributed by atoms with E-state index in [2.05, 4.69) is 10.6 Å². The maximum Gasteiger partial charge on any atom is -0.000790 e. The van der Waals surface area contributed by atoms with Gasteiger partial charge in [-0.1, -0.05) is 27.7 Å². The summed E-state index contributed by atoms with van der Waals surface area (Å²) in [5.74, 6) is 0.889. The Labute approximate surface area is 78.1 Å². The fraction of sp³-hybridized carbons (Fsp3) is 1.00. The zero-order chi connectivity index (χ0) is 9.82. The van der Waals surface area contributed by atoms with E-state index in [1.54, 1.807) is 0 Å². The lowest BCUT2D eigenvalue weighted by Crippen LogP contribution is -2.20. The van der Waals surface area contributed by atoms with Gasteiger partial charge in [0.1, 0.15) is 0 Å². The van der Waals surface area contributed by atoms with Gasteiger partial charge in [0.2, 0.25) is 0 Å². The van der Waals surface area contributed by atoms with Gasteiger partial charge in [0.15, 0.2) is 0 Å². The summed E-state index contributed by atoms with van der Waals surface area (Å²) in [7, 11) is 2.01. The third-order valence-corrected chi connectivity index (χ3v) is 1.66. The molecule has 0 spiro atoms. The molecule has 0 aliphatic carbocycles. The van der Waals surface area contributed by atoms with Crippen molar-refractivity contribution in [1.82, 2.24) is 10.6 Å². The second-order valence-electron chi connectivity index (χ2n) is 2.42. The van der Waals surface area contributed by atoms with Crippen molar-refractivity contribution in [2.45, 2.75) is 34.1 Å². The van der Waals surface area contributed by atoms with Gasteiger partial charge in [-0.05, 0) is 39.0 Å². The van der Waals surface area contributed by atoms with Crippen LogP contribution in [0.5, 0.6) is 0 Å². The molecule has 76 valence electrons. The first-order chi connectivity index (χ1) is 5.93. The van der Waals surface area contributed by atoms with Gasteiger partial charge in [0, 0.05) is 0 Å². The Morgan fingerprint density at radius 3 is 2.17 bits per heavy atom. The first-order valence-electron chi connectivity index (χ1n) is 5.29. The molecule has 1 atom stereocenters. The number of nitrogens with one attached hydrogen (secondary N) is 2. The minimum absolute atomic E-state index is 0.889. The highest BCUT2D eigenvalue weighted by atomic mass is 14.9. The fourth-order valence-corrected chi connectivity index (χ4v) is 1.18. The fourth-order valence-electron chi connectivity index (χ4n) is 1.18. The molecule has 1 unspecified atom stereocenters. The summed E-state index contributed by atoms with van der Waals surface area (Å²) in [6.07, 6.45) is 1.35. The van der Waals surface area contributed by atoms with Crippen molar-refractivity contribution in [3.05, 3.63) is 0 Å². The average Bonchev–Trinajstić information content (AvgIpc) is 2.65. The summed E-state index contributed by atoms with van der Waals surface area (Å²) < 4.78 is 0. The van der Waals surface area contributed by atoms with E-state index in [1.165, 1.54) is 26.1 Å². The molecule has 0 bridgehead atoms. The van der Waals surface area contributed by atoms with Crippen LogP contribution in [0, 0.1) is 5.92 Å². The van der Waals surface area contributed by atoms with E-state index in [-0.39, 0.29) is 0 Å². The zero-order valence-corrected chi connectivity index (χ0v) is 9.41. The van der Waals surface area contributed by atoms with E-state index < -0.39 is 0 Å². The Morgan fingerprint density at radius 2 is 1.83 bits per heavy atom. The van der Waals surface area contributed by atoms with E-state index >= 15 is 0 Å². The van der Waals surface area contributed by atoms with Gasteiger partial charge in [0.25, 0.3) is 0 Å². The quantitative estimate of drug-likeness (QED) is 0.668. The monoisotopic (exact) mass is 174 g/mol. The molecule has 1 aliphatic rings. The van der Waals surface area contributed by atoms with Gasteiger partial charge in [-0.15, -0.1) is 0 Å². The van der Waals surface area contributed by atoms with Crippen LogP contribution >= 0.6 is 0 Å². The standard InChI is InChI=1S/C6H14N2.2C2H6/c1-7-4-6-2-3-8-5-6;2*1-2/h6-8H,2-5H2,1H3;2*1-2H3. The Hall–Kier alpha value is -0.0800. The average molecular weight is 174 g/mol. The Morgan fingerprint density at radius 1 is 1.25 bits per heavy atom. The summed E-state index contributed by atoms with van der Waals surface area (Å²) in [5, 5.41) is 6.49. The number of rotatable bonds is 2. The van der Waals surface area contributed by atoms with Crippen LogP contribution in [0.25, 0.3) is 0 Å². The lowest BCUT2D eigenvalue weighted by molar-refractivity contribution is 0.544. The Bertz CT molecular complexity index is 58.9. The van der Waals surface area contributed by atoms with Gasteiger partial charge >= 0.3 is 0 Å². The van der Waals surface area contributed by atoms with Crippen LogP contribution < -0.4 is 10.6 Å². The predicted octanol–water partition coefficient (Wildman–Crippen LogP) is 1.87. The first kappa shape index (κ1) is 14.4. The molecular formula is C10H26N2. The maximum absolute atomic E-state index is 3.32. The second kappa shape index (κ2) is 13.5. The van der Waals surface area contributed by atoms with Gasteiger partial charge < -0.3 is 10.6 Å². The van der Waals surface area contributed by atoms with Crippen LogP contribution in [0.1, 0.15) is 34.1 Å². The molecule has 2 heteroatoms. The van der Waals surface area contributed by atoms with Crippen molar-refractivity contribution in [3.63, 3.8) is 0 Å². The molecule has 1 heterocycles. The minimum Gasteiger partial charge on any atom is -0.319 e. The molecule has 1 fully saturated rings. The third kappa shape index (κ3) is 8.02. The maximum atomic E-state index is 3.32. The van der Waals surface area contributed by atoms with Crippen molar-refractivity contribution in [2.24, 2.45) is 5.92 Å². The molecule has 0 aromatic heterocycles. The molecule has 2 nitrogen and oxygen atoms in total. The molecule has 12 heavy (non-hydrogen) atoms. The van der Waals surface area contributed by atoms with Crippen LogP contribution in [0.15, 0.2) is 0 Å². The first-order valence-corrected chi connectivity index (χ1v) is 5.29. The lowest BCUT2D eigenvalue weighted by Gasteiger charge is -2.04. The van der Waals surface area contributed by atoms with Crippen LogP contribution in [-0.4, -0.2) is 26.7 Å². The van der Waals surface area contributed by atoms with E-state index in [0.29, 0.717) is 0 Å². The van der Waals surface area contributed by atoms with Crippen molar-refractivity contribution in [2.75, 3.05) is 26.7 Å². The molecule has 0 aromatic rings. The molecule has 2 N–H and O–H groups in total. The van der Waals surface area contributed by atoms with Crippen molar-refractivity contribution in [3.8, 4) is 0 Å². The van der Waals surface area contributed by atoms with Crippen molar-refractivity contribution >= 4 is 0 Å². The molecule has 1 saturated heterocycles. The molecule has 0 amide bonds. The van der Waals surface area contributed by atoms with Gasteiger partial charge in [-0.3, -0.25) is 0 Å². The van der Waals surface area contributed by atoms with E-state index in [4.69, 9.17) is 0 Å². The summed E-state index contributed by atoms with van der Waals surface area (Å²) in [5.41, 5.74) is 0. The second-order valence-corrected chi connectivity index (χ2v) is 2.42. The van der Waals surface area contributed by atoms with Crippen LogP contribution in [0.3, 0.4) is 0 Å². The summed E-state index contributed by atoms with van der Waals surface area (Å²) >= 11 is 0. The van der Waals surface area contributed by atoms with Crippen LogP contribution in [-0.2, 0) is 0 Å². The Balaban J connectivity index is 0. The highest BCUT2D eigenvalue weighted by Gasteiger charge is 2.11. The highest BCUT2D eigenvalue weighted by Crippen LogP contribution is 2.04. The van der Waals surface area contributed by atoms with Crippen molar-refractivity contribution in [1.29, 1.82) is 0 Å². The largest absolute Gasteiger partial charge is 0.319 e. The topological polar surface area (TPSA) is 24.1 Å². The molecule has 0 saturated carbocycles. The van der Waals surface area contributed by atoms with E-state index in [9.17, 15) is 0 Å².